The van der Waals surface area contributed by atoms with E-state index in [1.807, 2.05) is 0 Å². The molecule has 2 aromatic rings. The Labute approximate surface area is 105 Å². The Bertz CT molecular complexity index is 615. The highest BCUT2D eigenvalue weighted by Gasteiger charge is 2.13. The topological polar surface area (TPSA) is 127 Å². The molecule has 0 unspecified atom stereocenters. The van der Waals surface area contributed by atoms with Crippen molar-refractivity contribution in [3.63, 3.8) is 0 Å². The summed E-state index contributed by atoms with van der Waals surface area (Å²) < 4.78 is 1.18. The molecule has 0 aliphatic rings. The maximum Gasteiger partial charge on any atom is 0.313 e. The van der Waals surface area contributed by atoms with Gasteiger partial charge in [0.15, 0.2) is 5.82 Å². The summed E-state index contributed by atoms with van der Waals surface area (Å²) in [4.78, 5) is 23.9. The number of carbonyl (C=O) groups is 1. The lowest BCUT2D eigenvalue weighted by Gasteiger charge is -2.01. The summed E-state index contributed by atoms with van der Waals surface area (Å²) in [6, 6.07) is 2.89. The highest BCUT2D eigenvalue weighted by molar-refractivity contribution is 7.99. The molecule has 8 nitrogen and oxygen atoms in total. The minimum Gasteiger partial charge on any atom is -0.481 e. The molecule has 2 aromatic heterocycles. The van der Waals surface area contributed by atoms with Crippen LogP contribution in [0.3, 0.4) is 0 Å². The van der Waals surface area contributed by atoms with Crippen molar-refractivity contribution < 1.29 is 9.90 Å². The van der Waals surface area contributed by atoms with Crippen molar-refractivity contribution in [1.29, 1.82) is 0 Å². The van der Waals surface area contributed by atoms with Crippen LogP contribution in [0.15, 0.2) is 28.3 Å². The van der Waals surface area contributed by atoms with Crippen molar-refractivity contribution in [3.8, 4) is 11.4 Å². The van der Waals surface area contributed by atoms with Gasteiger partial charge in [-0.2, -0.15) is 0 Å². The summed E-state index contributed by atoms with van der Waals surface area (Å²) >= 11 is 0.967. The summed E-state index contributed by atoms with van der Waals surface area (Å²) in [7, 11) is 0. The van der Waals surface area contributed by atoms with Gasteiger partial charge in [-0.3, -0.25) is 9.59 Å². The van der Waals surface area contributed by atoms with Crippen LogP contribution in [0.25, 0.3) is 11.4 Å². The van der Waals surface area contributed by atoms with Crippen molar-refractivity contribution in [2.24, 2.45) is 0 Å². The summed E-state index contributed by atoms with van der Waals surface area (Å²) in [6.45, 7) is 0. The molecule has 0 radical (unpaired) electrons. The molecule has 4 N–H and O–H groups in total. The Hall–Kier alpha value is -2.29. The fourth-order valence-electron chi connectivity index (χ4n) is 1.25. The van der Waals surface area contributed by atoms with Crippen LogP contribution < -0.4 is 11.4 Å². The molecule has 0 amide bonds. The highest BCUT2D eigenvalue weighted by atomic mass is 32.2. The molecule has 2 heterocycles. The Kier molecular flexibility index (Phi) is 3.33. The average Bonchev–Trinajstić information content (AvgIpc) is 2.69. The monoisotopic (exact) mass is 267 g/mol. The first kappa shape index (κ1) is 12.2. The molecule has 0 bridgehead atoms. The number of hydrogen-bond donors (Lipinski definition) is 3. The zero-order chi connectivity index (χ0) is 13.1. The van der Waals surface area contributed by atoms with Crippen molar-refractivity contribution in [1.82, 2.24) is 19.9 Å². The maximum absolute atomic E-state index is 10.9. The van der Waals surface area contributed by atoms with Crippen LogP contribution in [-0.4, -0.2) is 36.7 Å². The third kappa shape index (κ3) is 2.51. The Morgan fingerprint density at radius 3 is 2.89 bits per heavy atom. The van der Waals surface area contributed by atoms with E-state index in [1.54, 1.807) is 6.07 Å². The second-order valence-corrected chi connectivity index (χ2v) is 4.24. The highest BCUT2D eigenvalue weighted by Crippen LogP contribution is 2.19. The number of carboxylic acid groups (broad SMARTS) is 1. The quantitative estimate of drug-likeness (QED) is 0.504. The molecule has 2 rings (SSSR count). The zero-order valence-electron chi connectivity index (χ0n) is 9.03. The number of pyridine rings is 1. The number of nitrogens with two attached hydrogens (primary N) is 1. The molecular formula is C9H9N5O3S. The number of aliphatic carboxylic acids is 1. The van der Waals surface area contributed by atoms with E-state index in [-0.39, 0.29) is 11.3 Å². The molecule has 0 saturated heterocycles. The molecule has 0 atom stereocenters. The Balaban J connectivity index is 2.27. The lowest BCUT2D eigenvalue weighted by molar-refractivity contribution is -0.133. The fraction of sp³-hybridized carbons (Fsp3) is 0.111. The molecule has 0 aromatic carbocycles. The number of nitrogen functional groups attached to an aromatic ring is 1. The van der Waals surface area contributed by atoms with Crippen molar-refractivity contribution in [2.45, 2.75) is 5.16 Å². The largest absolute Gasteiger partial charge is 0.481 e. The standard InChI is InChI=1S/C9H9N5O3S/c10-14-8(5-1-2-6(15)11-3-5)12-13-9(14)18-4-7(16)17/h1-3H,4,10H2,(H,11,15)(H,16,17). The van der Waals surface area contributed by atoms with Gasteiger partial charge in [-0.05, 0) is 6.07 Å². The van der Waals surface area contributed by atoms with Crippen LogP contribution in [0.1, 0.15) is 0 Å². The fourth-order valence-corrected chi connectivity index (χ4v) is 1.82. The van der Waals surface area contributed by atoms with Crippen LogP contribution in [-0.2, 0) is 4.79 Å². The van der Waals surface area contributed by atoms with Gasteiger partial charge in [0.2, 0.25) is 10.7 Å². The van der Waals surface area contributed by atoms with Gasteiger partial charge in [0, 0.05) is 17.8 Å². The summed E-state index contributed by atoms with van der Waals surface area (Å²) in [5, 5.41) is 16.5. The summed E-state index contributed by atoms with van der Waals surface area (Å²) in [5.41, 5.74) is 0.356. The van der Waals surface area contributed by atoms with E-state index in [1.165, 1.54) is 16.9 Å². The van der Waals surface area contributed by atoms with E-state index in [2.05, 4.69) is 15.2 Å². The van der Waals surface area contributed by atoms with E-state index < -0.39 is 5.97 Å². The van der Waals surface area contributed by atoms with Gasteiger partial charge in [-0.25, -0.2) is 4.68 Å². The second-order valence-electron chi connectivity index (χ2n) is 3.30. The molecule has 9 heteroatoms. The first-order valence-electron chi connectivity index (χ1n) is 4.82. The van der Waals surface area contributed by atoms with Crippen LogP contribution in [0.2, 0.25) is 0 Å². The molecule has 0 aliphatic carbocycles. The van der Waals surface area contributed by atoms with Gasteiger partial charge in [0.25, 0.3) is 0 Å². The van der Waals surface area contributed by atoms with Gasteiger partial charge in [0.05, 0.1) is 5.75 Å². The van der Waals surface area contributed by atoms with Crippen molar-refractivity contribution >= 4 is 17.7 Å². The van der Waals surface area contributed by atoms with Gasteiger partial charge in [0.1, 0.15) is 0 Å². The van der Waals surface area contributed by atoms with Gasteiger partial charge in [-0.1, -0.05) is 11.8 Å². The number of rotatable bonds is 4. The maximum atomic E-state index is 10.9. The molecule has 0 spiro atoms. The third-order valence-corrected chi connectivity index (χ3v) is 2.96. The summed E-state index contributed by atoms with van der Waals surface area (Å²) in [6.07, 6.45) is 1.46. The minimum atomic E-state index is -0.964. The van der Waals surface area contributed by atoms with E-state index in [0.29, 0.717) is 16.5 Å². The predicted octanol–water partition coefficient (Wildman–Crippen LogP) is -0.476. The lowest BCUT2D eigenvalue weighted by atomic mass is 10.3. The van der Waals surface area contributed by atoms with E-state index in [0.717, 1.165) is 11.8 Å². The normalized spacial score (nSPS) is 10.4. The number of hydrogen-bond acceptors (Lipinski definition) is 6. The van der Waals surface area contributed by atoms with E-state index in [4.69, 9.17) is 10.9 Å². The van der Waals surface area contributed by atoms with Crippen LogP contribution in [0.5, 0.6) is 0 Å². The predicted molar refractivity (Wildman–Crippen MR) is 64.6 cm³/mol. The smallest absolute Gasteiger partial charge is 0.313 e. The van der Waals surface area contributed by atoms with Gasteiger partial charge >= 0.3 is 5.97 Å². The molecule has 94 valence electrons. The zero-order valence-corrected chi connectivity index (χ0v) is 9.85. The van der Waals surface area contributed by atoms with Gasteiger partial charge in [-0.15, -0.1) is 10.2 Å². The van der Waals surface area contributed by atoms with E-state index in [9.17, 15) is 9.59 Å². The number of aromatic nitrogens is 4. The molecule has 0 fully saturated rings. The number of nitrogens with one attached hydrogen (secondary N) is 1. The minimum absolute atomic E-state index is 0.152. The summed E-state index contributed by atoms with van der Waals surface area (Å²) in [5.74, 6) is 4.98. The first-order chi connectivity index (χ1) is 8.58. The Morgan fingerprint density at radius 1 is 1.50 bits per heavy atom. The van der Waals surface area contributed by atoms with E-state index >= 15 is 0 Å². The van der Waals surface area contributed by atoms with Crippen molar-refractivity contribution in [3.05, 3.63) is 28.7 Å². The molecular weight excluding hydrogens is 258 g/mol. The number of aromatic amines is 1. The number of thioether (sulfide) groups is 1. The van der Waals surface area contributed by atoms with Crippen LogP contribution >= 0.6 is 11.8 Å². The van der Waals surface area contributed by atoms with Crippen LogP contribution in [0, 0.1) is 0 Å². The van der Waals surface area contributed by atoms with Crippen molar-refractivity contribution in [2.75, 3.05) is 11.6 Å². The third-order valence-electron chi connectivity index (χ3n) is 2.03. The second kappa shape index (κ2) is 4.92. The first-order valence-corrected chi connectivity index (χ1v) is 5.80. The number of carboxylic acids is 1. The SMILES string of the molecule is Nn1c(SCC(=O)O)nnc1-c1ccc(=O)[nH]c1. The molecule has 18 heavy (non-hydrogen) atoms. The molecule has 0 aliphatic heterocycles. The number of nitrogens with zero attached hydrogens (tertiary/aromatic N) is 3. The Morgan fingerprint density at radius 2 is 2.28 bits per heavy atom. The molecule has 0 saturated carbocycles. The average molecular weight is 267 g/mol. The van der Waals surface area contributed by atoms with Gasteiger partial charge < -0.3 is 15.9 Å². The number of H-pyrrole nitrogens is 1. The lowest BCUT2D eigenvalue weighted by Crippen LogP contribution is -2.13. The van der Waals surface area contributed by atoms with Crippen LogP contribution in [0.4, 0.5) is 0 Å².